The summed E-state index contributed by atoms with van der Waals surface area (Å²) < 4.78 is 25.6. The summed E-state index contributed by atoms with van der Waals surface area (Å²) in [5, 5.41) is 4.48. The van der Waals surface area contributed by atoms with Crippen LogP contribution in [0.15, 0.2) is 71.6 Å². The van der Waals surface area contributed by atoms with Crippen molar-refractivity contribution >= 4 is 38.3 Å². The first kappa shape index (κ1) is 16.3. The number of rotatable bonds is 3. The molecular formula is C19H14N2O4S. The minimum absolute atomic E-state index is 0.0667. The highest BCUT2D eigenvalue weighted by Crippen LogP contribution is 2.30. The predicted octanol–water partition coefficient (Wildman–Crippen LogP) is 2.62. The third kappa shape index (κ3) is 2.53. The van der Waals surface area contributed by atoms with E-state index in [1.807, 2.05) is 30.3 Å². The van der Waals surface area contributed by atoms with Crippen LogP contribution in [0.1, 0.15) is 10.4 Å². The zero-order valence-electron chi connectivity index (χ0n) is 13.5. The predicted molar refractivity (Wildman–Crippen MR) is 97.2 cm³/mol. The third-order valence-electron chi connectivity index (χ3n) is 4.26. The van der Waals surface area contributed by atoms with Gasteiger partial charge in [-0.1, -0.05) is 48.5 Å². The molecule has 1 aliphatic rings. The Bertz CT molecular complexity index is 1150. The Morgan fingerprint density at radius 3 is 2.42 bits per heavy atom. The molecule has 3 aromatic carbocycles. The van der Waals surface area contributed by atoms with E-state index in [0.29, 0.717) is 9.99 Å². The topological polar surface area (TPSA) is 83.6 Å². The summed E-state index contributed by atoms with van der Waals surface area (Å²) in [6.07, 6.45) is 0. The van der Waals surface area contributed by atoms with Crippen molar-refractivity contribution < 1.29 is 18.0 Å². The minimum Gasteiger partial charge on any atom is -0.324 e. The van der Waals surface area contributed by atoms with Crippen LogP contribution in [0.3, 0.4) is 0 Å². The number of nitrogens with zero attached hydrogens (tertiary/aromatic N) is 1. The Balaban J connectivity index is 1.60. The molecule has 0 aromatic heterocycles. The lowest BCUT2D eigenvalue weighted by Gasteiger charge is -2.15. The van der Waals surface area contributed by atoms with Gasteiger partial charge >= 0.3 is 0 Å². The van der Waals surface area contributed by atoms with Crippen LogP contribution in [0.5, 0.6) is 0 Å². The molecular weight excluding hydrogens is 352 g/mol. The van der Waals surface area contributed by atoms with E-state index >= 15 is 0 Å². The molecule has 2 amide bonds. The van der Waals surface area contributed by atoms with Crippen molar-refractivity contribution in [3.63, 3.8) is 0 Å². The number of anilines is 1. The molecule has 26 heavy (non-hydrogen) atoms. The number of benzene rings is 3. The molecule has 0 saturated carbocycles. The van der Waals surface area contributed by atoms with E-state index < -0.39 is 28.4 Å². The van der Waals surface area contributed by atoms with Gasteiger partial charge in [0.05, 0.1) is 5.56 Å². The lowest BCUT2D eigenvalue weighted by molar-refractivity contribution is -0.116. The van der Waals surface area contributed by atoms with Gasteiger partial charge in [-0.3, -0.25) is 9.59 Å². The molecule has 0 atom stereocenters. The van der Waals surface area contributed by atoms with Gasteiger partial charge in [-0.15, -0.1) is 0 Å². The monoisotopic (exact) mass is 366 g/mol. The fourth-order valence-corrected chi connectivity index (χ4v) is 4.57. The second kappa shape index (κ2) is 5.96. The molecule has 0 radical (unpaired) electrons. The van der Waals surface area contributed by atoms with Crippen molar-refractivity contribution in [3.8, 4) is 0 Å². The zero-order chi connectivity index (χ0) is 18.3. The van der Waals surface area contributed by atoms with Gasteiger partial charge in [0, 0.05) is 11.1 Å². The Morgan fingerprint density at radius 1 is 0.923 bits per heavy atom. The summed E-state index contributed by atoms with van der Waals surface area (Å²) in [5.41, 5.74) is 0.653. The number of hydrogen-bond acceptors (Lipinski definition) is 4. The Kier molecular flexibility index (Phi) is 3.73. The van der Waals surface area contributed by atoms with Crippen molar-refractivity contribution in [2.75, 3.05) is 11.9 Å². The molecule has 0 fully saturated rings. The Labute approximate surface area is 150 Å². The average molecular weight is 366 g/mol. The summed E-state index contributed by atoms with van der Waals surface area (Å²) in [7, 11) is -4.00. The maximum atomic E-state index is 12.5. The van der Waals surface area contributed by atoms with E-state index in [2.05, 4.69) is 5.32 Å². The van der Waals surface area contributed by atoms with Crippen molar-refractivity contribution in [2.45, 2.75) is 4.90 Å². The first-order valence-electron chi connectivity index (χ1n) is 7.92. The van der Waals surface area contributed by atoms with Gasteiger partial charge in [0.25, 0.3) is 15.9 Å². The highest BCUT2D eigenvalue weighted by molar-refractivity contribution is 7.90. The molecule has 1 aliphatic heterocycles. The third-order valence-corrected chi connectivity index (χ3v) is 6.05. The van der Waals surface area contributed by atoms with Crippen LogP contribution >= 0.6 is 0 Å². The smallest absolute Gasteiger partial charge is 0.269 e. The molecule has 0 bridgehead atoms. The van der Waals surface area contributed by atoms with Crippen LogP contribution in [0.25, 0.3) is 10.8 Å². The molecule has 0 aliphatic carbocycles. The summed E-state index contributed by atoms with van der Waals surface area (Å²) in [5.74, 6) is -1.26. The quantitative estimate of drug-likeness (QED) is 0.772. The van der Waals surface area contributed by atoms with Crippen molar-refractivity contribution in [3.05, 3.63) is 72.3 Å². The van der Waals surface area contributed by atoms with Gasteiger partial charge in [0.15, 0.2) is 0 Å². The maximum Gasteiger partial charge on any atom is 0.269 e. The lowest BCUT2D eigenvalue weighted by atomic mass is 10.1. The van der Waals surface area contributed by atoms with Crippen molar-refractivity contribution in [2.24, 2.45) is 0 Å². The van der Waals surface area contributed by atoms with Gasteiger partial charge in [-0.2, -0.15) is 0 Å². The van der Waals surface area contributed by atoms with E-state index in [-0.39, 0.29) is 10.5 Å². The van der Waals surface area contributed by atoms with Crippen LogP contribution in [-0.2, 0) is 14.8 Å². The Hall–Kier alpha value is -3.19. The van der Waals surface area contributed by atoms with Gasteiger partial charge in [-0.05, 0) is 23.6 Å². The first-order chi connectivity index (χ1) is 12.5. The van der Waals surface area contributed by atoms with Crippen LogP contribution < -0.4 is 5.32 Å². The van der Waals surface area contributed by atoms with E-state index in [0.717, 1.165) is 10.8 Å². The second-order valence-corrected chi connectivity index (χ2v) is 7.72. The molecule has 4 rings (SSSR count). The number of carbonyl (C=O) groups excluding carboxylic acids is 2. The van der Waals surface area contributed by atoms with Gasteiger partial charge < -0.3 is 5.32 Å². The number of hydrogen-bond donors (Lipinski definition) is 1. The van der Waals surface area contributed by atoms with Crippen molar-refractivity contribution in [1.82, 2.24) is 4.31 Å². The summed E-state index contributed by atoms with van der Waals surface area (Å²) in [6, 6.07) is 18.9. The molecule has 3 aromatic rings. The lowest BCUT2D eigenvalue weighted by Crippen LogP contribution is -2.37. The molecule has 1 N–H and O–H groups in total. The highest BCUT2D eigenvalue weighted by atomic mass is 32.2. The normalized spacial score (nSPS) is 15.1. The highest BCUT2D eigenvalue weighted by Gasteiger charge is 2.41. The summed E-state index contributed by atoms with van der Waals surface area (Å²) in [4.78, 5) is 24.7. The largest absolute Gasteiger partial charge is 0.324 e. The fourth-order valence-electron chi connectivity index (χ4n) is 3.04. The standard InChI is InChI=1S/C19H14N2O4S/c22-18(20-16-10-5-7-13-6-1-2-8-14(13)16)12-21-19(23)15-9-3-4-11-17(15)26(21,24)25/h1-11H,12H2,(H,20,22). The second-order valence-electron chi connectivity index (χ2n) is 5.89. The van der Waals surface area contributed by atoms with Crippen LogP contribution in [0.2, 0.25) is 0 Å². The van der Waals surface area contributed by atoms with Gasteiger partial charge in [0.2, 0.25) is 5.91 Å². The molecule has 0 spiro atoms. The zero-order valence-corrected chi connectivity index (χ0v) is 14.4. The van der Waals surface area contributed by atoms with Gasteiger partial charge in [0.1, 0.15) is 11.4 Å². The maximum absolute atomic E-state index is 12.5. The van der Waals surface area contributed by atoms with Gasteiger partial charge in [-0.25, -0.2) is 12.7 Å². The minimum atomic E-state index is -4.00. The molecule has 7 heteroatoms. The molecule has 0 saturated heterocycles. The average Bonchev–Trinajstić information content (AvgIpc) is 2.83. The van der Waals surface area contributed by atoms with Crippen LogP contribution in [0, 0.1) is 0 Å². The Morgan fingerprint density at radius 2 is 1.62 bits per heavy atom. The van der Waals surface area contributed by atoms with Crippen molar-refractivity contribution in [1.29, 1.82) is 0 Å². The number of nitrogens with one attached hydrogen (secondary N) is 1. The van der Waals surface area contributed by atoms with E-state index in [9.17, 15) is 18.0 Å². The number of sulfonamides is 1. The SMILES string of the molecule is O=C(CN1C(=O)c2ccccc2S1(=O)=O)Nc1cccc2ccccc12. The van der Waals surface area contributed by atoms with Crippen LogP contribution in [0.4, 0.5) is 5.69 Å². The number of carbonyl (C=O) groups is 2. The summed E-state index contributed by atoms with van der Waals surface area (Å²) in [6.45, 7) is -0.570. The molecule has 6 nitrogen and oxygen atoms in total. The first-order valence-corrected chi connectivity index (χ1v) is 9.36. The van der Waals surface area contributed by atoms with Crippen LogP contribution in [-0.4, -0.2) is 31.1 Å². The summed E-state index contributed by atoms with van der Waals surface area (Å²) >= 11 is 0. The molecule has 0 unspecified atom stereocenters. The number of fused-ring (bicyclic) bond motifs is 2. The van der Waals surface area contributed by atoms with E-state index in [1.54, 1.807) is 24.3 Å². The van der Waals surface area contributed by atoms with E-state index in [1.165, 1.54) is 12.1 Å². The molecule has 130 valence electrons. The van der Waals surface area contributed by atoms with E-state index in [4.69, 9.17) is 0 Å². The fraction of sp³-hybridized carbons (Fsp3) is 0.0526. The molecule has 1 heterocycles. The number of amides is 2.